The first-order valence-corrected chi connectivity index (χ1v) is 3.72. The third-order valence-corrected chi connectivity index (χ3v) is 1.53. The van der Waals surface area contributed by atoms with Gasteiger partial charge in [0.15, 0.2) is 0 Å². The van der Waals surface area contributed by atoms with Crippen molar-refractivity contribution in [1.82, 2.24) is 9.55 Å². The highest BCUT2D eigenvalue weighted by molar-refractivity contribution is 5.37. The van der Waals surface area contributed by atoms with Gasteiger partial charge in [0.2, 0.25) is 5.95 Å². The summed E-state index contributed by atoms with van der Waals surface area (Å²) < 4.78 is 1.39. The van der Waals surface area contributed by atoms with Gasteiger partial charge in [-0.3, -0.25) is 9.36 Å². The van der Waals surface area contributed by atoms with Crippen molar-refractivity contribution >= 4 is 11.6 Å². The van der Waals surface area contributed by atoms with Gasteiger partial charge >= 0.3 is 0 Å². The molecule has 0 bridgehead atoms. The third-order valence-electron chi connectivity index (χ3n) is 1.53. The molecule has 0 aromatic carbocycles. The van der Waals surface area contributed by atoms with E-state index in [0.717, 1.165) is 6.54 Å². The molecule has 3 N–H and O–H groups in total. The molecule has 1 aromatic heterocycles. The summed E-state index contributed by atoms with van der Waals surface area (Å²) in [7, 11) is 1.63. The highest BCUT2D eigenvalue weighted by atomic mass is 16.1. The Bertz CT molecular complexity index is 331. The quantitative estimate of drug-likeness (QED) is 0.641. The Hall–Kier alpha value is -1.52. The van der Waals surface area contributed by atoms with Crippen LogP contribution in [0.3, 0.4) is 0 Å². The van der Waals surface area contributed by atoms with E-state index < -0.39 is 0 Å². The topological polar surface area (TPSA) is 72.9 Å². The lowest BCUT2D eigenvalue weighted by molar-refractivity contribution is 0.830. The molecule has 5 heteroatoms. The standard InChI is InChI=1S/C7H12N4O/c1-3-9-7-10-4-5(8)6(12)11(7)2/h4H,3,8H2,1-2H3,(H,9,10). The first-order chi connectivity index (χ1) is 5.66. The van der Waals surface area contributed by atoms with Gasteiger partial charge in [0.1, 0.15) is 5.69 Å². The smallest absolute Gasteiger partial charge is 0.277 e. The number of anilines is 2. The summed E-state index contributed by atoms with van der Waals surface area (Å²) in [6.07, 6.45) is 1.36. The third kappa shape index (κ3) is 1.39. The lowest BCUT2D eigenvalue weighted by Crippen LogP contribution is -2.24. The minimum atomic E-state index is -0.221. The summed E-state index contributed by atoms with van der Waals surface area (Å²) in [5.41, 5.74) is 5.31. The molecular formula is C7H12N4O. The van der Waals surface area contributed by atoms with Crippen LogP contribution >= 0.6 is 0 Å². The van der Waals surface area contributed by atoms with Crippen molar-refractivity contribution in [2.45, 2.75) is 6.92 Å². The van der Waals surface area contributed by atoms with E-state index >= 15 is 0 Å². The minimum absolute atomic E-state index is 0.166. The molecule has 0 unspecified atom stereocenters. The Morgan fingerprint density at radius 2 is 2.42 bits per heavy atom. The maximum Gasteiger partial charge on any atom is 0.277 e. The summed E-state index contributed by atoms with van der Waals surface area (Å²) in [6, 6.07) is 0. The van der Waals surface area contributed by atoms with Crippen LogP contribution < -0.4 is 16.6 Å². The summed E-state index contributed by atoms with van der Waals surface area (Å²) in [6.45, 7) is 2.66. The van der Waals surface area contributed by atoms with E-state index in [1.807, 2.05) is 6.92 Å². The number of rotatable bonds is 2. The minimum Gasteiger partial charge on any atom is -0.393 e. The van der Waals surface area contributed by atoms with Crippen molar-refractivity contribution in [1.29, 1.82) is 0 Å². The summed E-state index contributed by atoms with van der Waals surface area (Å²) in [4.78, 5) is 15.2. The molecule has 0 aliphatic carbocycles. The molecule has 0 saturated carbocycles. The van der Waals surface area contributed by atoms with Gasteiger partial charge in [-0.25, -0.2) is 4.98 Å². The molecule has 1 rings (SSSR count). The first kappa shape index (κ1) is 8.58. The lowest BCUT2D eigenvalue weighted by atomic mass is 10.5. The molecular weight excluding hydrogens is 156 g/mol. The molecule has 0 amide bonds. The molecule has 5 nitrogen and oxygen atoms in total. The Balaban J connectivity index is 3.18. The van der Waals surface area contributed by atoms with Crippen LogP contribution in [0.1, 0.15) is 6.92 Å². The molecule has 1 heterocycles. The average Bonchev–Trinajstić information content (AvgIpc) is 2.07. The van der Waals surface area contributed by atoms with Gasteiger partial charge in [0.05, 0.1) is 6.20 Å². The second-order valence-electron chi connectivity index (χ2n) is 2.43. The fraction of sp³-hybridized carbons (Fsp3) is 0.429. The second-order valence-corrected chi connectivity index (χ2v) is 2.43. The highest BCUT2D eigenvalue weighted by Gasteiger charge is 2.01. The van der Waals surface area contributed by atoms with Crippen LogP contribution in [0.2, 0.25) is 0 Å². The van der Waals surface area contributed by atoms with Crippen LogP contribution in [0, 0.1) is 0 Å². The van der Waals surface area contributed by atoms with E-state index in [-0.39, 0.29) is 11.2 Å². The molecule has 0 atom stereocenters. The maximum atomic E-state index is 11.2. The molecule has 0 spiro atoms. The van der Waals surface area contributed by atoms with Gasteiger partial charge in [-0.2, -0.15) is 0 Å². The number of aromatic nitrogens is 2. The van der Waals surface area contributed by atoms with Gasteiger partial charge in [-0.1, -0.05) is 0 Å². The average molecular weight is 168 g/mol. The molecule has 0 saturated heterocycles. The summed E-state index contributed by atoms with van der Waals surface area (Å²) in [5, 5.41) is 2.94. The largest absolute Gasteiger partial charge is 0.393 e. The van der Waals surface area contributed by atoms with Crippen LogP contribution in [0.4, 0.5) is 11.6 Å². The lowest BCUT2D eigenvalue weighted by Gasteiger charge is -2.07. The zero-order valence-electron chi connectivity index (χ0n) is 7.16. The molecule has 0 aliphatic rings. The van der Waals surface area contributed by atoms with E-state index in [4.69, 9.17) is 5.73 Å². The number of nitrogens with zero attached hydrogens (tertiary/aromatic N) is 2. The zero-order chi connectivity index (χ0) is 9.14. The van der Waals surface area contributed by atoms with E-state index in [1.165, 1.54) is 10.8 Å². The van der Waals surface area contributed by atoms with Crippen LogP contribution in [0.25, 0.3) is 0 Å². The van der Waals surface area contributed by atoms with E-state index in [0.29, 0.717) is 5.95 Å². The van der Waals surface area contributed by atoms with Crippen molar-refractivity contribution in [3.63, 3.8) is 0 Å². The van der Waals surface area contributed by atoms with Crippen LogP contribution in [0.5, 0.6) is 0 Å². The number of hydrogen-bond acceptors (Lipinski definition) is 4. The van der Waals surface area contributed by atoms with Crippen molar-refractivity contribution < 1.29 is 0 Å². The van der Waals surface area contributed by atoms with Crippen molar-refractivity contribution in [2.75, 3.05) is 17.6 Å². The van der Waals surface area contributed by atoms with Gasteiger partial charge in [-0.05, 0) is 6.92 Å². The second kappa shape index (κ2) is 3.25. The fourth-order valence-electron chi connectivity index (χ4n) is 0.885. The van der Waals surface area contributed by atoms with Gasteiger partial charge in [0, 0.05) is 13.6 Å². The zero-order valence-corrected chi connectivity index (χ0v) is 7.16. The predicted molar refractivity (Wildman–Crippen MR) is 48.1 cm³/mol. The maximum absolute atomic E-state index is 11.2. The number of nitrogens with two attached hydrogens (primary N) is 1. The van der Waals surface area contributed by atoms with E-state index in [9.17, 15) is 4.79 Å². The first-order valence-electron chi connectivity index (χ1n) is 3.72. The molecule has 1 aromatic rings. The molecule has 12 heavy (non-hydrogen) atoms. The molecule has 0 aliphatic heterocycles. The van der Waals surface area contributed by atoms with Crippen LogP contribution in [-0.4, -0.2) is 16.1 Å². The Morgan fingerprint density at radius 1 is 1.75 bits per heavy atom. The SMILES string of the molecule is CCNc1ncc(N)c(=O)n1C. The Labute approximate surface area is 70.2 Å². The summed E-state index contributed by atoms with van der Waals surface area (Å²) in [5.74, 6) is 0.539. The monoisotopic (exact) mass is 168 g/mol. The van der Waals surface area contributed by atoms with Gasteiger partial charge in [-0.15, -0.1) is 0 Å². The predicted octanol–water partition coefficient (Wildman–Crippen LogP) is -0.206. The fourth-order valence-corrected chi connectivity index (χ4v) is 0.885. The van der Waals surface area contributed by atoms with Crippen molar-refractivity contribution in [2.24, 2.45) is 7.05 Å². The molecule has 66 valence electrons. The van der Waals surface area contributed by atoms with E-state index in [2.05, 4.69) is 10.3 Å². The van der Waals surface area contributed by atoms with Crippen molar-refractivity contribution in [3.8, 4) is 0 Å². The van der Waals surface area contributed by atoms with E-state index in [1.54, 1.807) is 7.05 Å². The van der Waals surface area contributed by atoms with Crippen LogP contribution in [0.15, 0.2) is 11.0 Å². The number of nitrogen functional groups attached to an aromatic ring is 1. The highest BCUT2D eigenvalue weighted by Crippen LogP contribution is 1.98. The van der Waals surface area contributed by atoms with Crippen molar-refractivity contribution in [3.05, 3.63) is 16.6 Å². The molecule has 0 radical (unpaired) electrons. The van der Waals surface area contributed by atoms with Gasteiger partial charge in [0.25, 0.3) is 5.56 Å². The molecule has 0 fully saturated rings. The number of hydrogen-bond donors (Lipinski definition) is 2. The summed E-state index contributed by atoms with van der Waals surface area (Å²) >= 11 is 0. The van der Waals surface area contributed by atoms with Gasteiger partial charge < -0.3 is 11.1 Å². The Kier molecular flexibility index (Phi) is 2.32. The van der Waals surface area contributed by atoms with Crippen LogP contribution in [-0.2, 0) is 7.05 Å². The Morgan fingerprint density at radius 3 is 3.00 bits per heavy atom. The number of nitrogens with one attached hydrogen (secondary N) is 1. The normalized spacial score (nSPS) is 9.83.